The molecule has 0 aromatic heterocycles. The molecule has 2 rings (SSSR count). The minimum Gasteiger partial charge on any atom is -0.0651 e. The monoisotopic (exact) mass is 292 g/mol. The van der Waals surface area contributed by atoms with Crippen molar-refractivity contribution in [2.45, 2.75) is 93.4 Å². The van der Waals surface area contributed by atoms with E-state index in [4.69, 9.17) is 0 Å². The molecular weight excluding hydrogens is 252 g/mol. The van der Waals surface area contributed by atoms with Crippen LogP contribution in [0.2, 0.25) is 0 Å². The van der Waals surface area contributed by atoms with Gasteiger partial charge in [-0.15, -0.1) is 0 Å². The van der Waals surface area contributed by atoms with E-state index in [9.17, 15) is 0 Å². The summed E-state index contributed by atoms with van der Waals surface area (Å²) in [6, 6.07) is 0. The van der Waals surface area contributed by atoms with Crippen LogP contribution in [0.5, 0.6) is 0 Å². The fourth-order valence-corrected chi connectivity index (χ4v) is 7.05. The molecule has 2 aliphatic rings. The molecule has 21 heavy (non-hydrogen) atoms. The Morgan fingerprint density at radius 3 is 1.90 bits per heavy atom. The van der Waals surface area contributed by atoms with E-state index < -0.39 is 0 Å². The predicted octanol–water partition coefficient (Wildman–Crippen LogP) is 6.94. The lowest BCUT2D eigenvalue weighted by Crippen LogP contribution is -2.36. The van der Waals surface area contributed by atoms with Crippen LogP contribution in [0, 0.1) is 40.4 Å². The lowest BCUT2D eigenvalue weighted by atomic mass is 9.61. The molecule has 0 heteroatoms. The second kappa shape index (κ2) is 6.25. The van der Waals surface area contributed by atoms with Gasteiger partial charge in [-0.25, -0.2) is 0 Å². The van der Waals surface area contributed by atoms with E-state index in [0.29, 0.717) is 10.8 Å². The van der Waals surface area contributed by atoms with E-state index in [1.54, 1.807) is 0 Å². The third-order valence-corrected chi connectivity index (χ3v) is 7.21. The van der Waals surface area contributed by atoms with Crippen LogP contribution in [0.25, 0.3) is 0 Å². The maximum atomic E-state index is 2.60. The Balaban J connectivity index is 2.43. The molecule has 2 bridgehead atoms. The molecule has 0 aromatic rings. The van der Waals surface area contributed by atoms with E-state index in [1.165, 1.54) is 44.9 Å². The summed E-state index contributed by atoms with van der Waals surface area (Å²) in [4.78, 5) is 0. The molecule has 0 heterocycles. The minimum absolute atomic E-state index is 0.511. The normalized spacial score (nSPS) is 42.1. The lowest BCUT2D eigenvalue weighted by molar-refractivity contribution is 0.0534. The largest absolute Gasteiger partial charge is 0.0651 e. The van der Waals surface area contributed by atoms with Crippen molar-refractivity contribution in [3.05, 3.63) is 0 Å². The van der Waals surface area contributed by atoms with Gasteiger partial charge in [0.25, 0.3) is 0 Å². The van der Waals surface area contributed by atoms with Crippen LogP contribution in [0.15, 0.2) is 0 Å². The van der Waals surface area contributed by atoms with Crippen molar-refractivity contribution >= 4 is 0 Å². The number of rotatable bonds is 3. The lowest BCUT2D eigenvalue weighted by Gasteiger charge is -2.44. The van der Waals surface area contributed by atoms with E-state index in [1.807, 2.05) is 0 Å². The smallest absolute Gasteiger partial charge is 0.0300 e. The fourth-order valence-electron chi connectivity index (χ4n) is 7.05. The molecular formula is C21H40. The van der Waals surface area contributed by atoms with Crippen molar-refractivity contribution in [1.29, 1.82) is 0 Å². The molecule has 0 spiro atoms. The first-order chi connectivity index (χ1) is 9.77. The molecule has 0 amide bonds. The molecule has 5 unspecified atom stereocenters. The average Bonchev–Trinajstić information content (AvgIpc) is 2.71. The molecule has 2 aliphatic carbocycles. The van der Waals surface area contributed by atoms with Crippen LogP contribution in [-0.2, 0) is 0 Å². The predicted molar refractivity (Wildman–Crippen MR) is 94.4 cm³/mol. The number of hydrogen-bond acceptors (Lipinski definition) is 0. The Kier molecular flexibility index (Phi) is 5.16. The number of fused-ring (bicyclic) bond motifs is 2. The van der Waals surface area contributed by atoms with Gasteiger partial charge in [-0.3, -0.25) is 0 Å². The Bertz CT molecular complexity index is 338. The Morgan fingerprint density at radius 1 is 0.810 bits per heavy atom. The van der Waals surface area contributed by atoms with Gasteiger partial charge < -0.3 is 0 Å². The second-order valence-electron chi connectivity index (χ2n) is 9.63. The molecule has 2 fully saturated rings. The van der Waals surface area contributed by atoms with Crippen LogP contribution >= 0.6 is 0 Å². The van der Waals surface area contributed by atoms with Gasteiger partial charge in [-0.1, -0.05) is 74.1 Å². The topological polar surface area (TPSA) is 0 Å². The van der Waals surface area contributed by atoms with Crippen LogP contribution < -0.4 is 0 Å². The van der Waals surface area contributed by atoms with E-state index in [2.05, 4.69) is 48.5 Å². The van der Waals surface area contributed by atoms with Crippen LogP contribution in [0.3, 0.4) is 0 Å². The highest BCUT2D eigenvalue weighted by Crippen LogP contribution is 2.61. The van der Waals surface area contributed by atoms with Crippen molar-refractivity contribution < 1.29 is 0 Å². The summed E-state index contributed by atoms with van der Waals surface area (Å²) in [7, 11) is 0. The summed E-state index contributed by atoms with van der Waals surface area (Å²) in [5, 5.41) is 0. The van der Waals surface area contributed by atoms with Gasteiger partial charge in [-0.2, -0.15) is 0 Å². The zero-order chi connectivity index (χ0) is 15.8. The zero-order valence-corrected chi connectivity index (χ0v) is 15.8. The summed E-state index contributed by atoms with van der Waals surface area (Å²) >= 11 is 0. The molecule has 2 saturated carbocycles. The maximum Gasteiger partial charge on any atom is -0.0300 e. The summed E-state index contributed by atoms with van der Waals surface area (Å²) in [5.41, 5.74) is 1.05. The first kappa shape index (κ1) is 17.4. The maximum absolute atomic E-state index is 2.60. The summed E-state index contributed by atoms with van der Waals surface area (Å²) < 4.78 is 0. The van der Waals surface area contributed by atoms with Crippen molar-refractivity contribution in [1.82, 2.24) is 0 Å². The molecule has 0 N–H and O–H groups in total. The van der Waals surface area contributed by atoms with Gasteiger partial charge >= 0.3 is 0 Å². The molecule has 5 atom stereocenters. The second-order valence-corrected chi connectivity index (χ2v) is 9.63. The van der Waals surface area contributed by atoms with Crippen molar-refractivity contribution in [2.75, 3.05) is 0 Å². The molecule has 0 saturated heterocycles. The van der Waals surface area contributed by atoms with Crippen LogP contribution in [-0.4, -0.2) is 0 Å². The van der Waals surface area contributed by atoms with Gasteiger partial charge in [0.05, 0.1) is 0 Å². The highest BCUT2D eigenvalue weighted by atomic mass is 14.6. The van der Waals surface area contributed by atoms with Gasteiger partial charge in [-0.05, 0) is 59.7 Å². The van der Waals surface area contributed by atoms with Crippen LogP contribution in [0.1, 0.15) is 93.4 Å². The van der Waals surface area contributed by atoms with E-state index >= 15 is 0 Å². The van der Waals surface area contributed by atoms with Gasteiger partial charge in [0, 0.05) is 0 Å². The standard InChI is InChI=1S/C21H40/c1-8-15-16(9-2)19-17(10-3)18(15)12-11-13-20(4,5)14-21(19,6)7/h15-19H,8-14H2,1-7H3. The number of hydrogen-bond donors (Lipinski definition) is 0. The Labute approximate surface area is 134 Å². The molecule has 0 nitrogen and oxygen atoms in total. The van der Waals surface area contributed by atoms with Gasteiger partial charge in [0.2, 0.25) is 0 Å². The summed E-state index contributed by atoms with van der Waals surface area (Å²) in [6.45, 7) is 17.6. The van der Waals surface area contributed by atoms with E-state index in [0.717, 1.165) is 29.6 Å². The SMILES string of the molecule is CCC1C2CCCC(C)(C)CC(C)(C)C(C1CC)C2CC. The molecule has 0 radical (unpaired) electrons. The van der Waals surface area contributed by atoms with Crippen molar-refractivity contribution in [2.24, 2.45) is 40.4 Å². The highest BCUT2D eigenvalue weighted by molar-refractivity contribution is 5.02. The molecule has 0 aromatic carbocycles. The van der Waals surface area contributed by atoms with Crippen LogP contribution in [0.4, 0.5) is 0 Å². The first-order valence-corrected chi connectivity index (χ1v) is 9.77. The Hall–Kier alpha value is 0. The first-order valence-electron chi connectivity index (χ1n) is 9.77. The highest BCUT2D eigenvalue weighted by Gasteiger charge is 2.53. The summed E-state index contributed by atoms with van der Waals surface area (Å²) in [5.74, 6) is 4.95. The third kappa shape index (κ3) is 3.20. The molecule has 0 aliphatic heterocycles. The van der Waals surface area contributed by atoms with Crippen molar-refractivity contribution in [3.8, 4) is 0 Å². The van der Waals surface area contributed by atoms with Gasteiger partial charge in [0.15, 0.2) is 0 Å². The third-order valence-electron chi connectivity index (χ3n) is 7.21. The quantitative estimate of drug-likeness (QED) is 0.528. The summed E-state index contributed by atoms with van der Waals surface area (Å²) in [6.07, 6.45) is 10.0. The van der Waals surface area contributed by atoms with Crippen molar-refractivity contribution in [3.63, 3.8) is 0 Å². The Morgan fingerprint density at radius 2 is 1.38 bits per heavy atom. The van der Waals surface area contributed by atoms with E-state index in [-0.39, 0.29) is 0 Å². The zero-order valence-electron chi connectivity index (χ0n) is 15.8. The van der Waals surface area contributed by atoms with Gasteiger partial charge in [0.1, 0.15) is 0 Å². The molecule has 124 valence electrons. The average molecular weight is 293 g/mol. The fraction of sp³-hybridized carbons (Fsp3) is 1.00. The minimum atomic E-state index is 0.511.